The van der Waals surface area contributed by atoms with Gasteiger partial charge in [0.25, 0.3) is 5.91 Å². The van der Waals surface area contributed by atoms with Crippen LogP contribution >= 0.6 is 11.6 Å². The molecule has 2 aromatic rings. The van der Waals surface area contributed by atoms with Crippen LogP contribution in [0.25, 0.3) is 0 Å². The lowest BCUT2D eigenvalue weighted by Crippen LogP contribution is -2.59. The fourth-order valence-corrected chi connectivity index (χ4v) is 4.54. The number of piperidine rings is 2. The van der Waals surface area contributed by atoms with E-state index in [1.54, 1.807) is 12.1 Å². The Hall–Kier alpha value is -2.53. The highest BCUT2D eigenvalue weighted by molar-refractivity contribution is 6.30. The van der Waals surface area contributed by atoms with Crippen molar-refractivity contribution in [3.05, 3.63) is 65.2 Å². The highest BCUT2D eigenvalue weighted by Crippen LogP contribution is 2.34. The average molecular weight is 398 g/mol. The minimum absolute atomic E-state index is 0.0391. The molecule has 2 aliphatic heterocycles. The molecule has 2 aromatic carbocycles. The van der Waals surface area contributed by atoms with Gasteiger partial charge in [0.1, 0.15) is 0 Å². The topological polar surface area (TPSA) is 61.4 Å². The Morgan fingerprint density at radius 3 is 2.21 bits per heavy atom. The number of hydrogen-bond acceptors (Lipinski definition) is 2. The first kappa shape index (κ1) is 18.8. The third-order valence-corrected chi connectivity index (χ3v) is 5.93. The quantitative estimate of drug-likeness (QED) is 0.789. The Balaban J connectivity index is 1.41. The molecule has 2 atom stereocenters. The molecule has 0 spiro atoms. The minimum Gasteiger partial charge on any atom is -0.349 e. The minimum atomic E-state index is -0.0649. The lowest BCUT2D eigenvalue weighted by molar-refractivity contribution is 0.0577. The maximum Gasteiger partial charge on any atom is 0.322 e. The van der Waals surface area contributed by atoms with E-state index in [2.05, 4.69) is 10.6 Å². The van der Waals surface area contributed by atoms with E-state index in [-0.39, 0.29) is 30.1 Å². The number of carbonyl (C=O) groups is 2. The predicted octanol–water partition coefficient (Wildman–Crippen LogP) is 4.69. The monoisotopic (exact) mass is 397 g/mol. The van der Waals surface area contributed by atoms with Crippen LogP contribution in [-0.4, -0.2) is 35.0 Å². The van der Waals surface area contributed by atoms with Gasteiger partial charge in [-0.15, -0.1) is 0 Å². The zero-order valence-corrected chi connectivity index (χ0v) is 16.4. The molecule has 28 heavy (non-hydrogen) atoms. The molecule has 2 fully saturated rings. The molecule has 0 saturated carbocycles. The van der Waals surface area contributed by atoms with E-state index in [0.29, 0.717) is 10.6 Å². The zero-order valence-electron chi connectivity index (χ0n) is 15.6. The van der Waals surface area contributed by atoms with Crippen LogP contribution in [0.2, 0.25) is 5.02 Å². The van der Waals surface area contributed by atoms with Crippen LogP contribution in [0.4, 0.5) is 10.5 Å². The van der Waals surface area contributed by atoms with E-state index in [4.69, 9.17) is 11.6 Å². The molecule has 5 nitrogen and oxygen atoms in total. The van der Waals surface area contributed by atoms with Crippen LogP contribution in [0, 0.1) is 0 Å². The molecule has 3 amide bonds. The summed E-state index contributed by atoms with van der Waals surface area (Å²) in [5, 5.41) is 6.80. The van der Waals surface area contributed by atoms with Crippen LogP contribution in [-0.2, 0) is 0 Å². The molecule has 4 rings (SSSR count). The van der Waals surface area contributed by atoms with Crippen molar-refractivity contribution in [1.29, 1.82) is 0 Å². The molecule has 0 aliphatic carbocycles. The van der Waals surface area contributed by atoms with Gasteiger partial charge in [0.05, 0.1) is 0 Å². The summed E-state index contributed by atoms with van der Waals surface area (Å²) in [7, 11) is 0. The van der Waals surface area contributed by atoms with Gasteiger partial charge in [-0.25, -0.2) is 4.79 Å². The fourth-order valence-electron chi connectivity index (χ4n) is 4.41. The summed E-state index contributed by atoms with van der Waals surface area (Å²) >= 11 is 5.92. The van der Waals surface area contributed by atoms with Crippen molar-refractivity contribution in [2.45, 2.75) is 50.2 Å². The molecule has 146 valence electrons. The summed E-state index contributed by atoms with van der Waals surface area (Å²) in [6.45, 7) is 0. The normalized spacial score (nSPS) is 23.8. The van der Waals surface area contributed by atoms with Crippen molar-refractivity contribution in [3.8, 4) is 0 Å². The van der Waals surface area contributed by atoms with Crippen molar-refractivity contribution in [1.82, 2.24) is 10.2 Å². The maximum atomic E-state index is 12.9. The smallest absolute Gasteiger partial charge is 0.322 e. The van der Waals surface area contributed by atoms with Crippen LogP contribution in [0.15, 0.2) is 54.6 Å². The van der Waals surface area contributed by atoms with Gasteiger partial charge in [-0.3, -0.25) is 4.79 Å². The van der Waals surface area contributed by atoms with Gasteiger partial charge in [-0.1, -0.05) is 29.8 Å². The Bertz CT molecular complexity index is 827. The van der Waals surface area contributed by atoms with Crippen molar-refractivity contribution in [3.63, 3.8) is 0 Å². The van der Waals surface area contributed by atoms with Crippen molar-refractivity contribution in [2.75, 3.05) is 5.32 Å². The number of nitrogens with one attached hydrogen (secondary N) is 2. The molecule has 2 N–H and O–H groups in total. The number of rotatable bonds is 3. The number of benzene rings is 2. The summed E-state index contributed by atoms with van der Waals surface area (Å²) in [5.74, 6) is -0.0391. The zero-order chi connectivity index (χ0) is 19.5. The second-order valence-electron chi connectivity index (χ2n) is 7.59. The number of nitrogens with zero attached hydrogens (tertiary/aromatic N) is 1. The summed E-state index contributed by atoms with van der Waals surface area (Å²) in [5.41, 5.74) is 1.42. The highest BCUT2D eigenvalue weighted by Gasteiger charge is 2.41. The van der Waals surface area contributed by atoms with E-state index in [0.717, 1.165) is 37.8 Å². The first-order valence-corrected chi connectivity index (χ1v) is 10.2. The summed E-state index contributed by atoms with van der Waals surface area (Å²) in [6.07, 6.45) is 4.66. The molecule has 2 heterocycles. The Morgan fingerprint density at radius 1 is 0.929 bits per heavy atom. The van der Waals surface area contributed by atoms with E-state index in [1.807, 2.05) is 47.4 Å². The maximum absolute atomic E-state index is 12.9. The van der Waals surface area contributed by atoms with Gasteiger partial charge in [0.15, 0.2) is 0 Å². The van der Waals surface area contributed by atoms with Gasteiger partial charge in [-0.05, 0) is 68.5 Å². The van der Waals surface area contributed by atoms with Gasteiger partial charge in [-0.2, -0.15) is 0 Å². The number of urea groups is 1. The highest BCUT2D eigenvalue weighted by atomic mass is 35.5. The summed E-state index contributed by atoms with van der Waals surface area (Å²) < 4.78 is 0. The first-order valence-electron chi connectivity index (χ1n) is 9.81. The Labute approximate surface area is 170 Å². The molecule has 0 unspecified atom stereocenters. The fraction of sp³-hybridized carbons (Fsp3) is 0.364. The third kappa shape index (κ3) is 4.14. The van der Waals surface area contributed by atoms with Crippen LogP contribution < -0.4 is 10.6 Å². The lowest BCUT2D eigenvalue weighted by atomic mass is 9.82. The van der Waals surface area contributed by atoms with E-state index < -0.39 is 0 Å². The third-order valence-electron chi connectivity index (χ3n) is 5.68. The van der Waals surface area contributed by atoms with Crippen LogP contribution in [0.3, 0.4) is 0 Å². The second kappa shape index (κ2) is 8.23. The predicted molar refractivity (Wildman–Crippen MR) is 111 cm³/mol. The molecule has 2 saturated heterocycles. The molecular weight excluding hydrogens is 374 g/mol. The number of hydrogen-bond donors (Lipinski definition) is 2. The molecular formula is C22H24ClN3O2. The summed E-state index contributed by atoms with van der Waals surface area (Å²) in [6, 6.07) is 16.8. The number of carbonyl (C=O) groups excluding carboxylic acids is 2. The molecule has 2 aliphatic rings. The van der Waals surface area contributed by atoms with Gasteiger partial charge < -0.3 is 15.5 Å². The Kier molecular flexibility index (Phi) is 5.53. The Morgan fingerprint density at radius 2 is 1.57 bits per heavy atom. The van der Waals surface area contributed by atoms with Crippen molar-refractivity contribution < 1.29 is 9.59 Å². The van der Waals surface area contributed by atoms with Gasteiger partial charge in [0.2, 0.25) is 0 Å². The molecule has 0 radical (unpaired) electrons. The van der Waals surface area contributed by atoms with E-state index in [1.165, 1.54) is 0 Å². The van der Waals surface area contributed by atoms with Crippen molar-refractivity contribution >= 4 is 29.2 Å². The van der Waals surface area contributed by atoms with Crippen molar-refractivity contribution in [2.24, 2.45) is 0 Å². The van der Waals surface area contributed by atoms with Gasteiger partial charge >= 0.3 is 6.03 Å². The standard InChI is InChI=1S/C22H24ClN3O2/c23-16-9-11-17(12-10-16)25-22(28)26-19-7-4-8-20(26)14-18(13-19)24-21(27)15-5-2-1-3-6-15/h1-3,5-6,9-12,18-20H,4,7-8,13-14H2,(H,24,27)(H,25,28)/t19-,20-/m1/s1. The first-order chi connectivity index (χ1) is 13.6. The van der Waals surface area contributed by atoms with E-state index in [9.17, 15) is 9.59 Å². The number of amides is 3. The number of fused-ring (bicyclic) bond motifs is 2. The lowest BCUT2D eigenvalue weighted by Gasteiger charge is -2.48. The molecule has 2 bridgehead atoms. The van der Waals surface area contributed by atoms with Crippen LogP contribution in [0.5, 0.6) is 0 Å². The average Bonchev–Trinajstić information content (AvgIpc) is 2.69. The second-order valence-corrected chi connectivity index (χ2v) is 8.03. The molecule has 0 aromatic heterocycles. The number of halogens is 1. The summed E-state index contributed by atoms with van der Waals surface area (Å²) in [4.78, 5) is 27.4. The van der Waals surface area contributed by atoms with Gasteiger partial charge in [0, 0.05) is 34.4 Å². The molecule has 6 heteroatoms. The number of anilines is 1. The SMILES string of the molecule is O=C(NC1C[C@H]2CCC[C@H](C1)N2C(=O)Nc1ccc(Cl)cc1)c1ccccc1. The van der Waals surface area contributed by atoms with Crippen LogP contribution in [0.1, 0.15) is 42.5 Å². The van der Waals surface area contributed by atoms with E-state index >= 15 is 0 Å². The largest absolute Gasteiger partial charge is 0.349 e.